The van der Waals surface area contributed by atoms with E-state index in [4.69, 9.17) is 0 Å². The van der Waals surface area contributed by atoms with Gasteiger partial charge in [-0.05, 0) is 39.5 Å². The second-order valence-electron chi connectivity index (χ2n) is 8.83. The molecule has 4 atom stereocenters. The topological polar surface area (TPSA) is 20.1 Å². The fourth-order valence-corrected chi connectivity index (χ4v) is 5.62. The van der Waals surface area contributed by atoms with E-state index in [2.05, 4.69) is 56.5 Å². The number of rotatable bonds is 4. The lowest BCUT2D eigenvalue weighted by Crippen LogP contribution is -2.30. The van der Waals surface area contributed by atoms with Gasteiger partial charge in [0.2, 0.25) is 0 Å². The molecule has 122 valence electrons. The summed E-state index contributed by atoms with van der Waals surface area (Å²) in [4.78, 5) is 0. The Morgan fingerprint density at radius 2 is 1.67 bits per heavy atom. The van der Waals surface area contributed by atoms with E-state index < -0.39 is 19.1 Å². The predicted molar refractivity (Wildman–Crippen MR) is 96.4 cm³/mol. The fraction of sp³-hybridized carbons (Fsp3) is 0.882. The standard InChI is InChI=1S/C17H33NOSSi/c1-17(2,3)20(19)18-15(12-13-21(4,5)6)16(18)14-10-8-7-9-11-14/h12-16H,7-11H2,1-6H3/b13-12+. The van der Waals surface area contributed by atoms with Crippen LogP contribution in [0.4, 0.5) is 0 Å². The highest BCUT2D eigenvalue weighted by Crippen LogP contribution is 2.45. The number of nitrogens with zero attached hydrogens (tertiary/aromatic N) is 1. The van der Waals surface area contributed by atoms with Gasteiger partial charge >= 0.3 is 0 Å². The molecule has 1 aliphatic carbocycles. The van der Waals surface area contributed by atoms with E-state index in [1.165, 1.54) is 32.1 Å². The summed E-state index contributed by atoms with van der Waals surface area (Å²) in [6, 6.07) is 0.970. The van der Waals surface area contributed by atoms with Crippen LogP contribution in [0.25, 0.3) is 0 Å². The second kappa shape index (κ2) is 6.29. The van der Waals surface area contributed by atoms with Crippen LogP contribution in [0.1, 0.15) is 52.9 Å². The molecule has 4 unspecified atom stereocenters. The van der Waals surface area contributed by atoms with Crippen molar-refractivity contribution < 1.29 is 4.21 Å². The highest BCUT2D eigenvalue weighted by Gasteiger charge is 2.55. The third kappa shape index (κ3) is 4.52. The zero-order chi connectivity index (χ0) is 15.8. The Morgan fingerprint density at radius 3 is 2.14 bits per heavy atom. The van der Waals surface area contributed by atoms with Gasteiger partial charge in [-0.2, -0.15) is 0 Å². The van der Waals surface area contributed by atoms with Crippen molar-refractivity contribution in [2.24, 2.45) is 5.92 Å². The first-order chi connectivity index (χ1) is 9.61. The maximum absolute atomic E-state index is 12.8. The van der Waals surface area contributed by atoms with Crippen LogP contribution >= 0.6 is 0 Å². The van der Waals surface area contributed by atoms with E-state index in [1.54, 1.807) is 0 Å². The molecule has 1 saturated carbocycles. The molecule has 0 radical (unpaired) electrons. The third-order valence-electron chi connectivity index (χ3n) is 4.49. The third-order valence-corrected chi connectivity index (χ3v) is 7.60. The molecule has 0 spiro atoms. The van der Waals surface area contributed by atoms with Gasteiger partial charge in [0.25, 0.3) is 0 Å². The van der Waals surface area contributed by atoms with E-state index in [-0.39, 0.29) is 4.75 Å². The van der Waals surface area contributed by atoms with E-state index in [0.717, 1.165) is 5.92 Å². The van der Waals surface area contributed by atoms with Crippen LogP contribution in [0.5, 0.6) is 0 Å². The van der Waals surface area contributed by atoms with Crippen LogP contribution in [0.3, 0.4) is 0 Å². The Bertz CT molecular complexity index is 415. The maximum atomic E-state index is 12.8. The summed E-state index contributed by atoms with van der Waals surface area (Å²) >= 11 is 0. The molecule has 1 saturated heterocycles. The molecule has 2 fully saturated rings. The van der Waals surface area contributed by atoms with Crippen molar-refractivity contribution in [1.29, 1.82) is 0 Å². The van der Waals surface area contributed by atoms with Crippen molar-refractivity contribution in [2.75, 3.05) is 0 Å². The summed E-state index contributed by atoms with van der Waals surface area (Å²) in [5, 5.41) is 0. The lowest BCUT2D eigenvalue weighted by atomic mass is 9.86. The SMILES string of the molecule is CC(C)(C)S(=O)N1C(/C=C/[Si](C)(C)C)C1C1CCCCC1. The first kappa shape index (κ1) is 17.4. The molecular formula is C17H33NOSSi. The van der Waals surface area contributed by atoms with Gasteiger partial charge in [0, 0.05) is 6.04 Å². The minimum Gasteiger partial charge on any atom is -0.242 e. The minimum atomic E-state index is -1.18. The molecule has 2 rings (SSSR count). The molecule has 2 nitrogen and oxygen atoms in total. The van der Waals surface area contributed by atoms with E-state index in [0.29, 0.717) is 12.1 Å². The lowest BCUT2D eigenvalue weighted by Gasteiger charge is -2.23. The largest absolute Gasteiger partial charge is 0.242 e. The quantitative estimate of drug-likeness (QED) is 0.549. The van der Waals surface area contributed by atoms with Crippen molar-refractivity contribution in [3.8, 4) is 0 Å². The Kier molecular flexibility index (Phi) is 5.21. The van der Waals surface area contributed by atoms with Gasteiger partial charge in [-0.15, -0.1) is 0 Å². The molecular weight excluding hydrogens is 294 g/mol. The molecule has 21 heavy (non-hydrogen) atoms. The van der Waals surface area contributed by atoms with Gasteiger partial charge in [0.1, 0.15) is 11.0 Å². The monoisotopic (exact) mass is 327 g/mol. The Morgan fingerprint density at radius 1 is 1.10 bits per heavy atom. The van der Waals surface area contributed by atoms with Gasteiger partial charge in [-0.25, -0.2) is 8.51 Å². The van der Waals surface area contributed by atoms with Gasteiger partial charge in [0.05, 0.1) is 18.9 Å². The molecule has 1 aliphatic heterocycles. The molecule has 2 aliphatic rings. The smallest absolute Gasteiger partial charge is 0.101 e. The molecule has 0 N–H and O–H groups in total. The summed E-state index contributed by atoms with van der Waals surface area (Å²) in [5.41, 5.74) is 2.44. The molecule has 1 heterocycles. The number of hydrogen-bond donors (Lipinski definition) is 0. The molecule has 0 aromatic heterocycles. The van der Waals surface area contributed by atoms with Crippen LogP contribution in [0, 0.1) is 5.92 Å². The summed E-state index contributed by atoms with van der Waals surface area (Å²) in [5.74, 6) is 0.765. The van der Waals surface area contributed by atoms with Gasteiger partial charge in [0.15, 0.2) is 0 Å². The maximum Gasteiger partial charge on any atom is 0.101 e. The van der Waals surface area contributed by atoms with Crippen molar-refractivity contribution in [3.63, 3.8) is 0 Å². The molecule has 4 heteroatoms. The van der Waals surface area contributed by atoms with Gasteiger partial charge < -0.3 is 0 Å². The molecule has 0 aromatic carbocycles. The van der Waals surface area contributed by atoms with Gasteiger partial charge in [-0.1, -0.05) is 50.7 Å². The van der Waals surface area contributed by atoms with Crippen LogP contribution in [0.2, 0.25) is 19.6 Å². The van der Waals surface area contributed by atoms with Gasteiger partial charge in [-0.3, -0.25) is 0 Å². The lowest BCUT2D eigenvalue weighted by molar-refractivity contribution is 0.337. The average Bonchev–Trinajstić information content (AvgIpc) is 3.08. The molecule has 0 bridgehead atoms. The van der Waals surface area contributed by atoms with E-state index in [9.17, 15) is 4.21 Å². The Hall–Kier alpha value is 0.0669. The Labute approximate surface area is 135 Å². The van der Waals surface area contributed by atoms with Crippen molar-refractivity contribution in [3.05, 3.63) is 11.8 Å². The summed E-state index contributed by atoms with van der Waals surface area (Å²) in [6.07, 6.45) is 9.17. The highest BCUT2D eigenvalue weighted by atomic mass is 32.2. The number of hydrogen-bond acceptors (Lipinski definition) is 1. The summed E-state index contributed by atoms with van der Waals surface area (Å²) < 4.78 is 15.0. The van der Waals surface area contributed by atoms with Crippen molar-refractivity contribution in [1.82, 2.24) is 4.31 Å². The van der Waals surface area contributed by atoms with Crippen LogP contribution in [-0.4, -0.2) is 33.4 Å². The predicted octanol–water partition coefficient (Wildman–Crippen LogP) is 4.52. The molecule has 0 amide bonds. The van der Waals surface area contributed by atoms with E-state index in [1.807, 2.05) is 0 Å². The second-order valence-corrected chi connectivity index (χ2v) is 16.0. The zero-order valence-electron chi connectivity index (χ0n) is 14.7. The Balaban J connectivity index is 2.12. The first-order valence-corrected chi connectivity index (χ1v) is 13.2. The van der Waals surface area contributed by atoms with Crippen molar-refractivity contribution >= 4 is 19.1 Å². The first-order valence-electron chi connectivity index (χ1n) is 8.51. The van der Waals surface area contributed by atoms with E-state index >= 15 is 0 Å². The zero-order valence-corrected chi connectivity index (χ0v) is 16.5. The van der Waals surface area contributed by atoms with Crippen molar-refractivity contribution in [2.45, 2.75) is 89.3 Å². The molecule has 0 aromatic rings. The average molecular weight is 328 g/mol. The normalized spacial score (nSPS) is 33.3. The van der Waals surface area contributed by atoms with Crippen LogP contribution < -0.4 is 0 Å². The summed E-state index contributed by atoms with van der Waals surface area (Å²) in [6.45, 7) is 13.4. The minimum absolute atomic E-state index is 0.144. The highest BCUT2D eigenvalue weighted by molar-refractivity contribution is 7.84. The van der Waals surface area contributed by atoms with Crippen LogP contribution in [-0.2, 0) is 11.0 Å². The summed E-state index contributed by atoms with van der Waals surface area (Å²) in [7, 11) is -2.05. The van der Waals surface area contributed by atoms with Crippen LogP contribution in [0.15, 0.2) is 11.8 Å². The fourth-order valence-electron chi connectivity index (χ4n) is 3.33.